The number of esters is 1. The Kier molecular flexibility index (Phi) is 3.69. The van der Waals surface area contributed by atoms with Gasteiger partial charge in [0.25, 0.3) is 0 Å². The zero-order valence-corrected chi connectivity index (χ0v) is 11.7. The number of hydrogen-bond donors (Lipinski definition) is 0. The fraction of sp³-hybridized carbons (Fsp3) is 0.0588. The van der Waals surface area contributed by atoms with E-state index in [1.54, 1.807) is 24.4 Å². The van der Waals surface area contributed by atoms with Crippen molar-refractivity contribution in [2.24, 2.45) is 0 Å². The van der Waals surface area contributed by atoms with E-state index in [1.165, 1.54) is 5.56 Å². The Bertz CT molecular complexity index is 779. The number of carbonyl (C=O) groups excluding carboxylic acids is 1. The molecule has 1 aromatic heterocycles. The molecule has 0 atom stereocenters. The van der Waals surface area contributed by atoms with Gasteiger partial charge in [-0.3, -0.25) is 4.98 Å². The zero-order chi connectivity index (χ0) is 14.7. The van der Waals surface area contributed by atoms with Crippen LogP contribution >= 0.6 is 0 Å². The molecule has 0 saturated carbocycles. The zero-order valence-electron chi connectivity index (χ0n) is 11.7. The lowest BCUT2D eigenvalue weighted by Gasteiger charge is -2.07. The topological polar surface area (TPSA) is 39.2 Å². The van der Waals surface area contributed by atoms with Gasteiger partial charge in [0.2, 0.25) is 0 Å². The van der Waals surface area contributed by atoms with E-state index in [9.17, 15) is 4.79 Å². The maximum Gasteiger partial charge on any atom is 0.343 e. The van der Waals surface area contributed by atoms with E-state index in [0.717, 1.165) is 11.7 Å². The molecule has 0 aliphatic rings. The Labute approximate surface area is 124 Å². The van der Waals surface area contributed by atoms with Crippen molar-refractivity contribution in [3.05, 3.63) is 71.9 Å². The van der Waals surface area contributed by atoms with E-state index in [0.29, 0.717) is 16.8 Å². The Morgan fingerprint density at radius 1 is 1.05 bits per heavy atom. The van der Waals surface area contributed by atoms with Gasteiger partial charge in [-0.05, 0) is 24.3 Å². The second-order valence-corrected chi connectivity index (χ2v) is 4.77. The molecule has 1 heterocycles. The smallest absolute Gasteiger partial charge is 0.343 e. The Hall–Kier alpha value is -2.62. The van der Waals surface area contributed by atoms with Gasteiger partial charge in [0.15, 0.2) is 5.75 Å². The third kappa shape index (κ3) is 2.79. The van der Waals surface area contributed by atoms with Crippen molar-refractivity contribution in [1.82, 2.24) is 4.98 Å². The van der Waals surface area contributed by atoms with Gasteiger partial charge in [-0.25, -0.2) is 4.79 Å². The largest absolute Gasteiger partial charge is 0.421 e. The number of pyridine rings is 1. The Morgan fingerprint density at radius 2 is 1.81 bits per heavy atom. The Balaban J connectivity index is 1.89. The molecule has 0 fully saturated rings. The van der Waals surface area contributed by atoms with Crippen LogP contribution in [-0.2, 0) is 6.32 Å². The molecule has 3 aromatic rings. The van der Waals surface area contributed by atoms with Crippen LogP contribution in [0.1, 0.15) is 15.9 Å². The lowest BCUT2D eigenvalue weighted by Crippen LogP contribution is -2.09. The van der Waals surface area contributed by atoms with Gasteiger partial charge in [-0.2, -0.15) is 0 Å². The molecule has 102 valence electrons. The van der Waals surface area contributed by atoms with Crippen LogP contribution in [0.15, 0.2) is 60.8 Å². The lowest BCUT2D eigenvalue weighted by atomic mass is 9.96. The molecule has 0 spiro atoms. The van der Waals surface area contributed by atoms with Gasteiger partial charge in [-0.15, -0.1) is 0 Å². The maximum absolute atomic E-state index is 12.2. The van der Waals surface area contributed by atoms with E-state index in [1.807, 2.05) is 36.4 Å². The number of para-hydroxylation sites is 1. The lowest BCUT2D eigenvalue weighted by molar-refractivity contribution is 0.0737. The van der Waals surface area contributed by atoms with Crippen molar-refractivity contribution in [3.8, 4) is 5.75 Å². The fourth-order valence-electron chi connectivity index (χ4n) is 2.19. The Morgan fingerprint density at radius 3 is 2.57 bits per heavy atom. The highest BCUT2D eigenvalue weighted by atomic mass is 16.5. The highest BCUT2D eigenvalue weighted by Gasteiger charge is 2.11. The molecular weight excluding hydrogens is 261 g/mol. The fourth-order valence-corrected chi connectivity index (χ4v) is 2.19. The maximum atomic E-state index is 12.2. The third-order valence-corrected chi connectivity index (χ3v) is 3.40. The normalized spacial score (nSPS) is 10.5. The van der Waals surface area contributed by atoms with Crippen LogP contribution in [0.4, 0.5) is 0 Å². The van der Waals surface area contributed by atoms with Gasteiger partial charge >= 0.3 is 5.97 Å². The van der Waals surface area contributed by atoms with Gasteiger partial charge in [0, 0.05) is 11.6 Å². The van der Waals surface area contributed by atoms with Crippen LogP contribution in [0.3, 0.4) is 0 Å². The minimum atomic E-state index is -0.365. The summed E-state index contributed by atoms with van der Waals surface area (Å²) in [7, 11) is 2.08. The summed E-state index contributed by atoms with van der Waals surface area (Å²) in [6, 6.07) is 16.8. The van der Waals surface area contributed by atoms with Crippen molar-refractivity contribution in [3.63, 3.8) is 0 Å². The summed E-state index contributed by atoms with van der Waals surface area (Å²) in [6.45, 7) is 0. The molecule has 0 saturated heterocycles. The molecular formula is C17H14BNO2. The summed E-state index contributed by atoms with van der Waals surface area (Å²) in [5, 5.41) is 0.948. The summed E-state index contributed by atoms with van der Waals surface area (Å²) in [5.74, 6) is 0.119. The first-order chi connectivity index (χ1) is 10.3. The molecule has 2 aromatic carbocycles. The van der Waals surface area contributed by atoms with Crippen LogP contribution in [0.5, 0.6) is 5.75 Å². The number of carbonyl (C=O) groups is 1. The average molecular weight is 275 g/mol. The summed E-state index contributed by atoms with van der Waals surface area (Å²) in [6.07, 6.45) is 2.64. The standard InChI is InChI=1S/C17H14BNO2/c18-11-12-6-8-14(9-7-12)17(20)21-15-5-1-3-13-4-2-10-19-16(13)15/h1-10H,11,18H2. The van der Waals surface area contributed by atoms with Crippen molar-refractivity contribution in [2.75, 3.05) is 0 Å². The second kappa shape index (κ2) is 5.79. The van der Waals surface area contributed by atoms with E-state index < -0.39 is 0 Å². The quantitative estimate of drug-likeness (QED) is 0.419. The van der Waals surface area contributed by atoms with Crippen molar-refractivity contribution in [2.45, 2.75) is 6.32 Å². The number of rotatable bonds is 3. The average Bonchev–Trinajstić information content (AvgIpc) is 2.55. The second-order valence-electron chi connectivity index (χ2n) is 4.77. The summed E-state index contributed by atoms with van der Waals surface area (Å²) >= 11 is 0. The molecule has 3 rings (SSSR count). The van der Waals surface area contributed by atoms with E-state index in [4.69, 9.17) is 4.74 Å². The van der Waals surface area contributed by atoms with Crippen LogP contribution in [0.25, 0.3) is 10.9 Å². The van der Waals surface area contributed by atoms with Gasteiger partial charge in [-0.1, -0.05) is 42.2 Å². The van der Waals surface area contributed by atoms with Gasteiger partial charge in [0.1, 0.15) is 13.4 Å². The number of nitrogens with zero attached hydrogens (tertiary/aromatic N) is 1. The molecule has 0 amide bonds. The number of benzene rings is 2. The van der Waals surface area contributed by atoms with Crippen LogP contribution in [0.2, 0.25) is 0 Å². The predicted octanol–water partition coefficient (Wildman–Crippen LogP) is 2.59. The van der Waals surface area contributed by atoms with Crippen LogP contribution in [0, 0.1) is 0 Å². The summed E-state index contributed by atoms with van der Waals surface area (Å²) in [5.41, 5.74) is 2.43. The molecule has 21 heavy (non-hydrogen) atoms. The number of aromatic nitrogens is 1. The number of ether oxygens (including phenoxy) is 1. The molecule has 0 radical (unpaired) electrons. The molecule has 0 N–H and O–H groups in total. The monoisotopic (exact) mass is 275 g/mol. The molecule has 4 heteroatoms. The van der Waals surface area contributed by atoms with E-state index >= 15 is 0 Å². The van der Waals surface area contributed by atoms with Gasteiger partial charge < -0.3 is 4.74 Å². The minimum Gasteiger partial charge on any atom is -0.421 e. The van der Waals surface area contributed by atoms with Crippen molar-refractivity contribution < 1.29 is 9.53 Å². The van der Waals surface area contributed by atoms with Crippen molar-refractivity contribution >= 4 is 24.7 Å². The van der Waals surface area contributed by atoms with Crippen LogP contribution < -0.4 is 4.74 Å². The number of hydrogen-bond acceptors (Lipinski definition) is 3. The summed E-state index contributed by atoms with van der Waals surface area (Å²) < 4.78 is 5.49. The first-order valence-electron chi connectivity index (χ1n) is 6.93. The third-order valence-electron chi connectivity index (χ3n) is 3.40. The SMILES string of the molecule is BCc1ccc(C(=O)Oc2cccc3cccnc23)cc1. The minimum absolute atomic E-state index is 0.365. The van der Waals surface area contributed by atoms with Gasteiger partial charge in [0.05, 0.1) is 5.56 Å². The first kappa shape index (κ1) is 13.4. The van der Waals surface area contributed by atoms with E-state index in [2.05, 4.69) is 12.8 Å². The molecule has 0 bridgehead atoms. The molecule has 0 unspecified atom stereocenters. The van der Waals surface area contributed by atoms with E-state index in [-0.39, 0.29) is 5.97 Å². The summed E-state index contributed by atoms with van der Waals surface area (Å²) in [4.78, 5) is 16.5. The predicted molar refractivity (Wildman–Crippen MR) is 85.4 cm³/mol. The first-order valence-corrected chi connectivity index (χ1v) is 6.93. The van der Waals surface area contributed by atoms with Crippen LogP contribution in [-0.4, -0.2) is 18.8 Å². The molecule has 3 nitrogen and oxygen atoms in total. The molecule has 0 aliphatic carbocycles. The number of fused-ring (bicyclic) bond motifs is 1. The highest BCUT2D eigenvalue weighted by molar-refractivity contribution is 6.08. The van der Waals surface area contributed by atoms with Crippen molar-refractivity contribution in [1.29, 1.82) is 0 Å². The molecule has 0 aliphatic heterocycles. The highest BCUT2D eigenvalue weighted by Crippen LogP contribution is 2.23.